The number of aliphatic carboxylic acids is 1. The summed E-state index contributed by atoms with van der Waals surface area (Å²) < 4.78 is 0. The first-order valence-electron chi connectivity index (χ1n) is 6.10. The van der Waals surface area contributed by atoms with E-state index in [9.17, 15) is 15.0 Å². The summed E-state index contributed by atoms with van der Waals surface area (Å²) in [5.74, 6) is -0.932. The van der Waals surface area contributed by atoms with Gasteiger partial charge < -0.3 is 15.3 Å². The van der Waals surface area contributed by atoms with Crippen molar-refractivity contribution in [2.24, 2.45) is 0 Å². The molecule has 0 aliphatic carbocycles. The maximum Gasteiger partial charge on any atom is 0.317 e. The van der Waals surface area contributed by atoms with Gasteiger partial charge in [-0.05, 0) is 12.1 Å². The molecular formula is C15H15NO4. The Morgan fingerprint density at radius 1 is 0.950 bits per heavy atom. The Bertz CT molecular complexity index is 567. The zero-order valence-corrected chi connectivity index (χ0v) is 10.7. The van der Waals surface area contributed by atoms with E-state index in [1.807, 2.05) is 0 Å². The number of hydrogen-bond acceptors (Lipinski definition) is 4. The Hall–Kier alpha value is -2.53. The molecule has 0 radical (unpaired) electrons. The van der Waals surface area contributed by atoms with Crippen LogP contribution in [0.3, 0.4) is 0 Å². The van der Waals surface area contributed by atoms with E-state index >= 15 is 0 Å². The van der Waals surface area contributed by atoms with Crippen molar-refractivity contribution in [1.29, 1.82) is 0 Å². The van der Waals surface area contributed by atoms with Crippen molar-refractivity contribution in [3.05, 3.63) is 59.7 Å². The molecule has 0 bridgehead atoms. The van der Waals surface area contributed by atoms with Crippen molar-refractivity contribution >= 4 is 5.97 Å². The number of para-hydroxylation sites is 2. The Morgan fingerprint density at radius 2 is 1.40 bits per heavy atom. The molecule has 0 fully saturated rings. The number of rotatable bonds is 5. The summed E-state index contributed by atoms with van der Waals surface area (Å²) in [5.41, 5.74) is 1.02. The van der Waals surface area contributed by atoms with Crippen LogP contribution < -0.4 is 5.32 Å². The molecule has 0 spiro atoms. The fourth-order valence-electron chi connectivity index (χ4n) is 2.04. The smallest absolute Gasteiger partial charge is 0.317 e. The molecule has 0 saturated heterocycles. The van der Waals surface area contributed by atoms with Gasteiger partial charge in [0, 0.05) is 11.1 Å². The van der Waals surface area contributed by atoms with E-state index in [-0.39, 0.29) is 18.0 Å². The molecule has 0 saturated carbocycles. The van der Waals surface area contributed by atoms with Crippen LogP contribution in [0.25, 0.3) is 0 Å². The van der Waals surface area contributed by atoms with Gasteiger partial charge in [-0.3, -0.25) is 10.1 Å². The monoisotopic (exact) mass is 273 g/mol. The fourth-order valence-corrected chi connectivity index (χ4v) is 2.04. The second kappa shape index (κ2) is 6.08. The number of hydrogen-bond donors (Lipinski definition) is 4. The van der Waals surface area contributed by atoms with E-state index in [1.54, 1.807) is 36.4 Å². The van der Waals surface area contributed by atoms with Crippen LogP contribution in [-0.2, 0) is 4.79 Å². The van der Waals surface area contributed by atoms with Gasteiger partial charge in [-0.2, -0.15) is 0 Å². The molecule has 0 aliphatic rings. The van der Waals surface area contributed by atoms with E-state index in [0.717, 1.165) is 0 Å². The van der Waals surface area contributed by atoms with Crippen LogP contribution in [0.1, 0.15) is 17.2 Å². The van der Waals surface area contributed by atoms with Crippen LogP contribution in [0.15, 0.2) is 48.5 Å². The fraction of sp³-hybridized carbons (Fsp3) is 0.133. The van der Waals surface area contributed by atoms with Crippen molar-refractivity contribution < 1.29 is 20.1 Å². The summed E-state index contributed by atoms with van der Waals surface area (Å²) in [5, 5.41) is 31.5. The predicted molar refractivity (Wildman–Crippen MR) is 73.7 cm³/mol. The summed E-state index contributed by atoms with van der Waals surface area (Å²) in [6.45, 7) is -0.284. The van der Waals surface area contributed by atoms with Crippen LogP contribution in [0.2, 0.25) is 0 Å². The van der Waals surface area contributed by atoms with Gasteiger partial charge in [0.25, 0.3) is 0 Å². The SMILES string of the molecule is O=C(O)CNC(c1ccccc1O)c1ccccc1O. The van der Waals surface area contributed by atoms with E-state index in [4.69, 9.17) is 5.11 Å². The predicted octanol–water partition coefficient (Wildman–Crippen LogP) is 1.86. The molecule has 2 rings (SSSR count). The van der Waals surface area contributed by atoms with E-state index < -0.39 is 12.0 Å². The van der Waals surface area contributed by atoms with Gasteiger partial charge in [-0.15, -0.1) is 0 Å². The van der Waals surface area contributed by atoms with Gasteiger partial charge >= 0.3 is 5.97 Å². The molecule has 0 unspecified atom stereocenters. The lowest BCUT2D eigenvalue weighted by atomic mass is 9.97. The third kappa shape index (κ3) is 3.07. The lowest BCUT2D eigenvalue weighted by molar-refractivity contribution is -0.136. The van der Waals surface area contributed by atoms with E-state index in [1.165, 1.54) is 12.1 Å². The molecule has 104 valence electrons. The minimum absolute atomic E-state index is 0.0404. The minimum Gasteiger partial charge on any atom is -0.508 e. The molecule has 0 heterocycles. The third-order valence-electron chi connectivity index (χ3n) is 2.95. The Morgan fingerprint density at radius 3 is 1.80 bits per heavy atom. The molecule has 0 amide bonds. The second-order valence-corrected chi connectivity index (χ2v) is 4.33. The van der Waals surface area contributed by atoms with Gasteiger partial charge in [-0.25, -0.2) is 0 Å². The number of nitrogens with one attached hydrogen (secondary N) is 1. The number of carboxylic acids is 1. The van der Waals surface area contributed by atoms with Crippen molar-refractivity contribution in [2.45, 2.75) is 6.04 Å². The van der Waals surface area contributed by atoms with E-state index in [0.29, 0.717) is 11.1 Å². The first kappa shape index (κ1) is 13.9. The van der Waals surface area contributed by atoms with Crippen molar-refractivity contribution in [1.82, 2.24) is 5.32 Å². The van der Waals surface area contributed by atoms with Crippen LogP contribution in [0.5, 0.6) is 11.5 Å². The average molecular weight is 273 g/mol. The number of aromatic hydroxyl groups is 2. The molecule has 5 nitrogen and oxygen atoms in total. The zero-order valence-electron chi connectivity index (χ0n) is 10.7. The van der Waals surface area contributed by atoms with E-state index in [2.05, 4.69) is 5.32 Å². The standard InChI is InChI=1S/C15H15NO4/c17-12-7-3-1-5-10(12)15(16-9-14(19)20)11-6-2-4-8-13(11)18/h1-8,15-18H,9H2,(H,19,20). The van der Waals surface area contributed by atoms with Gasteiger partial charge in [0.05, 0.1) is 12.6 Å². The van der Waals surface area contributed by atoms with Crippen LogP contribution in [0, 0.1) is 0 Å². The Balaban J connectivity index is 2.42. The zero-order chi connectivity index (χ0) is 14.5. The van der Waals surface area contributed by atoms with Gasteiger partial charge in [0.15, 0.2) is 0 Å². The molecule has 0 aromatic heterocycles. The molecular weight excluding hydrogens is 258 g/mol. The van der Waals surface area contributed by atoms with Gasteiger partial charge in [-0.1, -0.05) is 36.4 Å². The highest BCUT2D eigenvalue weighted by Crippen LogP contribution is 2.33. The van der Waals surface area contributed by atoms with Crippen LogP contribution >= 0.6 is 0 Å². The molecule has 2 aromatic rings. The minimum atomic E-state index is -1.01. The maximum absolute atomic E-state index is 10.7. The summed E-state index contributed by atoms with van der Waals surface area (Å²) in [6.07, 6.45) is 0. The lowest BCUT2D eigenvalue weighted by Crippen LogP contribution is -2.28. The van der Waals surface area contributed by atoms with Gasteiger partial charge in [0.2, 0.25) is 0 Å². The Labute approximate surface area is 116 Å². The third-order valence-corrected chi connectivity index (χ3v) is 2.95. The molecule has 0 aliphatic heterocycles. The van der Waals surface area contributed by atoms with Crippen molar-refractivity contribution in [2.75, 3.05) is 6.54 Å². The van der Waals surface area contributed by atoms with Crippen molar-refractivity contribution in [3.63, 3.8) is 0 Å². The molecule has 2 aromatic carbocycles. The number of phenols is 2. The summed E-state index contributed by atoms with van der Waals surface area (Å²) in [7, 11) is 0. The number of carboxylic acid groups (broad SMARTS) is 1. The van der Waals surface area contributed by atoms with Crippen molar-refractivity contribution in [3.8, 4) is 11.5 Å². The second-order valence-electron chi connectivity index (χ2n) is 4.33. The Kier molecular flexibility index (Phi) is 4.22. The summed E-state index contributed by atoms with van der Waals surface area (Å²) >= 11 is 0. The highest BCUT2D eigenvalue weighted by atomic mass is 16.4. The topological polar surface area (TPSA) is 89.8 Å². The lowest BCUT2D eigenvalue weighted by Gasteiger charge is -2.20. The summed E-state index contributed by atoms with van der Waals surface area (Å²) in [4.78, 5) is 10.7. The molecule has 5 heteroatoms. The first-order chi connectivity index (χ1) is 9.59. The highest BCUT2D eigenvalue weighted by Gasteiger charge is 2.20. The summed E-state index contributed by atoms with van der Waals surface area (Å²) in [6, 6.07) is 12.6. The highest BCUT2D eigenvalue weighted by molar-refractivity contribution is 5.69. The first-order valence-corrected chi connectivity index (χ1v) is 6.10. The maximum atomic E-state index is 10.7. The number of carbonyl (C=O) groups is 1. The molecule has 20 heavy (non-hydrogen) atoms. The molecule has 0 atom stereocenters. The quantitative estimate of drug-likeness (QED) is 0.667. The molecule has 4 N–H and O–H groups in total. The van der Waals surface area contributed by atoms with Crippen LogP contribution in [-0.4, -0.2) is 27.8 Å². The largest absolute Gasteiger partial charge is 0.508 e. The van der Waals surface area contributed by atoms with Crippen LogP contribution in [0.4, 0.5) is 0 Å². The number of phenolic OH excluding ortho intramolecular Hbond substituents is 2. The average Bonchev–Trinajstić information content (AvgIpc) is 2.42. The normalized spacial score (nSPS) is 10.7. The number of benzene rings is 2. The van der Waals surface area contributed by atoms with Gasteiger partial charge in [0.1, 0.15) is 11.5 Å².